The molecule has 2 heterocycles. The average Bonchev–Trinajstić information content (AvgIpc) is 3.12. The van der Waals surface area contributed by atoms with Crippen molar-refractivity contribution in [3.8, 4) is 0 Å². The van der Waals surface area contributed by atoms with Crippen LogP contribution in [-0.4, -0.2) is 50.6 Å². The maximum Gasteiger partial charge on any atom is 0.214 e. The predicted molar refractivity (Wildman–Crippen MR) is 119 cm³/mol. The molecule has 2 aromatic rings. The Morgan fingerprint density at radius 3 is 2.74 bits per heavy atom. The zero-order valence-electron chi connectivity index (χ0n) is 15.7. The van der Waals surface area contributed by atoms with Crippen molar-refractivity contribution in [3.05, 3.63) is 35.6 Å². The van der Waals surface area contributed by atoms with Gasteiger partial charge in [0.15, 0.2) is 5.96 Å². The first-order chi connectivity index (χ1) is 12.5. The van der Waals surface area contributed by atoms with Crippen molar-refractivity contribution in [2.24, 2.45) is 4.99 Å². The summed E-state index contributed by atoms with van der Waals surface area (Å²) in [6.45, 7) is 6.77. The molecular formula is C18H27IN4O3S. The van der Waals surface area contributed by atoms with Gasteiger partial charge in [-0.3, -0.25) is 0 Å². The van der Waals surface area contributed by atoms with Gasteiger partial charge in [-0.2, -0.15) is 0 Å². The van der Waals surface area contributed by atoms with Gasteiger partial charge >= 0.3 is 0 Å². The number of halogens is 1. The molecule has 9 heteroatoms. The number of nitrogens with one attached hydrogen (secondary N) is 2. The average molecular weight is 506 g/mol. The summed E-state index contributed by atoms with van der Waals surface area (Å²) < 4.78 is 31.1. The Morgan fingerprint density at radius 1 is 1.30 bits per heavy atom. The van der Waals surface area contributed by atoms with Gasteiger partial charge in [0.1, 0.15) is 17.9 Å². The number of para-hydroxylation sites is 1. The number of benzene rings is 1. The molecule has 0 saturated carbocycles. The molecule has 1 aromatic heterocycles. The molecule has 0 spiro atoms. The van der Waals surface area contributed by atoms with Crippen LogP contribution in [0.1, 0.15) is 24.7 Å². The summed E-state index contributed by atoms with van der Waals surface area (Å²) in [5.41, 5.74) is 1.97. The summed E-state index contributed by atoms with van der Waals surface area (Å²) in [5.74, 6) is 1.75. The van der Waals surface area contributed by atoms with Gasteiger partial charge in [0.05, 0.1) is 5.75 Å². The molecule has 0 aliphatic carbocycles. The number of rotatable bonds is 6. The van der Waals surface area contributed by atoms with Gasteiger partial charge in [-0.15, -0.1) is 24.0 Å². The summed E-state index contributed by atoms with van der Waals surface area (Å²) in [5, 5.41) is 7.49. The number of nitrogens with zero attached hydrogens (tertiary/aromatic N) is 2. The van der Waals surface area contributed by atoms with Crippen LogP contribution in [0.3, 0.4) is 0 Å². The SMILES string of the molecule is CCNC(=NCc1oc2ccccc2c1C)NCCN1CCCS1(=O)=O.I. The fourth-order valence-electron chi connectivity index (χ4n) is 3.11. The lowest BCUT2D eigenvalue weighted by atomic mass is 10.1. The molecule has 0 bridgehead atoms. The highest BCUT2D eigenvalue weighted by Crippen LogP contribution is 2.25. The van der Waals surface area contributed by atoms with Crippen molar-refractivity contribution in [1.29, 1.82) is 0 Å². The molecule has 0 atom stereocenters. The maximum absolute atomic E-state index is 11.8. The largest absolute Gasteiger partial charge is 0.459 e. The van der Waals surface area contributed by atoms with Crippen molar-refractivity contribution in [1.82, 2.24) is 14.9 Å². The Hall–Kier alpha value is -1.33. The number of furan rings is 1. The van der Waals surface area contributed by atoms with Crippen molar-refractivity contribution in [2.75, 3.05) is 31.9 Å². The van der Waals surface area contributed by atoms with Gasteiger partial charge in [-0.05, 0) is 26.3 Å². The van der Waals surface area contributed by atoms with Crippen LogP contribution in [0.15, 0.2) is 33.7 Å². The smallest absolute Gasteiger partial charge is 0.214 e. The van der Waals surface area contributed by atoms with E-state index in [1.54, 1.807) is 0 Å². The lowest BCUT2D eigenvalue weighted by Crippen LogP contribution is -2.42. The summed E-state index contributed by atoms with van der Waals surface area (Å²) >= 11 is 0. The molecule has 0 radical (unpaired) electrons. The van der Waals surface area contributed by atoms with E-state index in [1.807, 2.05) is 38.1 Å². The quantitative estimate of drug-likeness (QED) is 0.357. The highest BCUT2D eigenvalue weighted by Gasteiger charge is 2.27. The second kappa shape index (κ2) is 9.74. The van der Waals surface area contributed by atoms with Crippen LogP contribution in [0, 0.1) is 6.92 Å². The molecule has 1 fully saturated rings. The van der Waals surface area contributed by atoms with E-state index < -0.39 is 10.0 Å². The van der Waals surface area contributed by atoms with E-state index in [9.17, 15) is 8.42 Å². The van der Waals surface area contributed by atoms with Gasteiger partial charge in [0.2, 0.25) is 10.0 Å². The molecule has 1 aliphatic heterocycles. The van der Waals surface area contributed by atoms with Crippen LogP contribution < -0.4 is 10.6 Å². The zero-order valence-corrected chi connectivity index (χ0v) is 18.8. The first kappa shape index (κ1) is 22.0. The number of sulfonamides is 1. The third-order valence-corrected chi connectivity index (χ3v) is 6.48. The normalized spacial score (nSPS) is 17.0. The van der Waals surface area contributed by atoms with Crippen LogP contribution >= 0.6 is 24.0 Å². The number of fused-ring (bicyclic) bond motifs is 1. The van der Waals surface area contributed by atoms with Gasteiger partial charge in [0.25, 0.3) is 0 Å². The van der Waals surface area contributed by atoms with Gasteiger partial charge in [-0.25, -0.2) is 17.7 Å². The summed E-state index contributed by atoms with van der Waals surface area (Å²) in [4.78, 5) is 4.57. The van der Waals surface area contributed by atoms with E-state index in [0.29, 0.717) is 38.6 Å². The second-order valence-corrected chi connectivity index (χ2v) is 8.43. The molecule has 1 aliphatic rings. The van der Waals surface area contributed by atoms with Crippen LogP contribution in [0.25, 0.3) is 11.0 Å². The van der Waals surface area contributed by atoms with Crippen molar-refractivity contribution >= 4 is 50.9 Å². The highest BCUT2D eigenvalue weighted by molar-refractivity contribution is 14.0. The Labute approximate surface area is 177 Å². The lowest BCUT2D eigenvalue weighted by Gasteiger charge is -2.16. The third-order valence-electron chi connectivity index (χ3n) is 4.52. The van der Waals surface area contributed by atoms with Gasteiger partial charge < -0.3 is 15.1 Å². The minimum atomic E-state index is -3.05. The molecule has 27 heavy (non-hydrogen) atoms. The molecule has 7 nitrogen and oxygen atoms in total. The van der Waals surface area contributed by atoms with Crippen molar-refractivity contribution in [3.63, 3.8) is 0 Å². The number of hydrogen-bond donors (Lipinski definition) is 2. The second-order valence-electron chi connectivity index (χ2n) is 6.34. The van der Waals surface area contributed by atoms with Gasteiger partial charge in [-0.1, -0.05) is 18.2 Å². The Morgan fingerprint density at radius 2 is 2.07 bits per heavy atom. The van der Waals surface area contributed by atoms with Crippen LogP contribution in [-0.2, 0) is 16.6 Å². The van der Waals surface area contributed by atoms with Crippen molar-refractivity contribution < 1.29 is 12.8 Å². The predicted octanol–water partition coefficient (Wildman–Crippen LogP) is 2.45. The summed E-state index contributed by atoms with van der Waals surface area (Å²) in [7, 11) is -3.05. The molecular weight excluding hydrogens is 479 g/mol. The maximum atomic E-state index is 11.8. The molecule has 2 N–H and O–H groups in total. The van der Waals surface area contributed by atoms with E-state index in [2.05, 4.69) is 15.6 Å². The van der Waals surface area contributed by atoms with E-state index >= 15 is 0 Å². The first-order valence-corrected chi connectivity index (χ1v) is 10.6. The monoisotopic (exact) mass is 506 g/mol. The fraction of sp³-hybridized carbons (Fsp3) is 0.500. The fourth-order valence-corrected chi connectivity index (χ4v) is 4.64. The molecule has 0 unspecified atom stereocenters. The molecule has 1 saturated heterocycles. The summed E-state index contributed by atoms with van der Waals surface area (Å²) in [6.07, 6.45) is 0.710. The third kappa shape index (κ3) is 5.35. The standard InChI is InChI=1S/C18H26N4O3S.HI/c1-3-19-18(20-9-11-22-10-6-12-26(22,23)24)21-13-17-14(2)15-7-4-5-8-16(15)25-17;/h4-5,7-8H,3,6,9-13H2,1-2H3,(H2,19,20,21);1H. The molecule has 1 aromatic carbocycles. The molecule has 150 valence electrons. The van der Waals surface area contributed by atoms with E-state index in [1.165, 1.54) is 4.31 Å². The van der Waals surface area contributed by atoms with Crippen molar-refractivity contribution in [2.45, 2.75) is 26.8 Å². The first-order valence-electron chi connectivity index (χ1n) is 8.98. The highest BCUT2D eigenvalue weighted by atomic mass is 127. The van der Waals surface area contributed by atoms with E-state index in [4.69, 9.17) is 4.42 Å². The van der Waals surface area contributed by atoms with E-state index in [0.717, 1.165) is 28.8 Å². The number of aliphatic imine (C=N–C) groups is 1. The number of aryl methyl sites for hydroxylation is 1. The molecule has 3 rings (SSSR count). The van der Waals surface area contributed by atoms with Crippen LogP contribution in [0.4, 0.5) is 0 Å². The topological polar surface area (TPSA) is 86.9 Å². The zero-order chi connectivity index (χ0) is 18.6. The summed E-state index contributed by atoms with van der Waals surface area (Å²) in [6, 6.07) is 7.95. The Kier molecular flexibility index (Phi) is 7.92. The lowest BCUT2D eigenvalue weighted by molar-refractivity contribution is 0.445. The minimum absolute atomic E-state index is 0. The minimum Gasteiger partial charge on any atom is -0.459 e. The Bertz CT molecular complexity index is 895. The van der Waals surface area contributed by atoms with Crippen LogP contribution in [0.5, 0.6) is 0 Å². The Balaban J connectivity index is 0.00000261. The van der Waals surface area contributed by atoms with E-state index in [-0.39, 0.29) is 29.7 Å². The van der Waals surface area contributed by atoms with Crippen LogP contribution in [0.2, 0.25) is 0 Å². The number of guanidine groups is 1. The van der Waals surface area contributed by atoms with Gasteiger partial charge in [0, 0.05) is 37.1 Å². The number of hydrogen-bond acceptors (Lipinski definition) is 4. The molecule has 0 amide bonds.